The molecule has 0 aromatic heterocycles. The minimum Gasteiger partial charge on any atom is -0.396 e. The summed E-state index contributed by atoms with van der Waals surface area (Å²) in [6.07, 6.45) is 5.66. The summed E-state index contributed by atoms with van der Waals surface area (Å²) in [5.74, 6) is 0. The van der Waals surface area contributed by atoms with Gasteiger partial charge in [-0.1, -0.05) is 6.42 Å². The van der Waals surface area contributed by atoms with Gasteiger partial charge in [0.15, 0.2) is 0 Å². The quantitative estimate of drug-likeness (QED) is 0.688. The zero-order valence-electron chi connectivity index (χ0n) is 10.6. The first kappa shape index (κ1) is 13.3. The van der Waals surface area contributed by atoms with Crippen molar-refractivity contribution in [2.45, 2.75) is 38.1 Å². The predicted molar refractivity (Wildman–Crippen MR) is 65.9 cm³/mol. The van der Waals surface area contributed by atoms with Crippen LogP contribution in [0.2, 0.25) is 0 Å². The molecule has 0 amide bonds. The van der Waals surface area contributed by atoms with Crippen molar-refractivity contribution in [1.82, 2.24) is 4.90 Å². The van der Waals surface area contributed by atoms with E-state index in [1.807, 2.05) is 0 Å². The lowest BCUT2D eigenvalue weighted by Crippen LogP contribution is -2.48. The van der Waals surface area contributed by atoms with Crippen LogP contribution in [0.1, 0.15) is 32.1 Å². The summed E-state index contributed by atoms with van der Waals surface area (Å²) in [5, 5.41) is 18.6. The van der Waals surface area contributed by atoms with Crippen LogP contribution in [0.25, 0.3) is 0 Å². The summed E-state index contributed by atoms with van der Waals surface area (Å²) >= 11 is 0. The van der Waals surface area contributed by atoms with Gasteiger partial charge < -0.3 is 14.9 Å². The number of nitrogens with zero attached hydrogens (tertiary/aromatic N) is 1. The lowest BCUT2D eigenvalue weighted by Gasteiger charge is -2.42. The van der Waals surface area contributed by atoms with Crippen LogP contribution < -0.4 is 0 Å². The van der Waals surface area contributed by atoms with Gasteiger partial charge in [0, 0.05) is 37.8 Å². The Morgan fingerprint density at radius 2 is 2.12 bits per heavy atom. The highest BCUT2D eigenvalue weighted by Gasteiger charge is 2.38. The molecule has 0 aromatic rings. The maximum atomic E-state index is 9.61. The lowest BCUT2D eigenvalue weighted by molar-refractivity contribution is 0.0213. The van der Waals surface area contributed by atoms with Crippen molar-refractivity contribution in [2.24, 2.45) is 5.41 Å². The first-order valence-corrected chi connectivity index (χ1v) is 6.83. The molecule has 17 heavy (non-hydrogen) atoms. The van der Waals surface area contributed by atoms with Crippen molar-refractivity contribution < 1.29 is 14.9 Å². The van der Waals surface area contributed by atoms with E-state index in [2.05, 4.69) is 4.90 Å². The molecule has 1 aliphatic carbocycles. The number of hydrogen-bond acceptors (Lipinski definition) is 4. The highest BCUT2D eigenvalue weighted by atomic mass is 16.5. The van der Waals surface area contributed by atoms with Crippen LogP contribution in [0.15, 0.2) is 0 Å². The molecule has 0 radical (unpaired) electrons. The second kappa shape index (κ2) is 6.14. The van der Waals surface area contributed by atoms with Gasteiger partial charge in [0.25, 0.3) is 0 Å². The topological polar surface area (TPSA) is 52.9 Å². The molecule has 0 bridgehead atoms. The maximum Gasteiger partial charge on any atom is 0.0557 e. The Hall–Kier alpha value is -0.160. The van der Waals surface area contributed by atoms with Gasteiger partial charge in [-0.15, -0.1) is 0 Å². The van der Waals surface area contributed by atoms with Gasteiger partial charge in [-0.2, -0.15) is 0 Å². The predicted octanol–water partition coefficient (Wildman–Crippen LogP) is 0.622. The molecule has 4 nitrogen and oxygen atoms in total. The summed E-state index contributed by atoms with van der Waals surface area (Å²) in [7, 11) is 0. The molecule has 1 unspecified atom stereocenters. The molecule has 0 spiro atoms. The highest BCUT2D eigenvalue weighted by molar-refractivity contribution is 4.90. The second-order valence-corrected chi connectivity index (χ2v) is 5.59. The number of rotatable bonds is 7. The maximum absolute atomic E-state index is 9.61. The van der Waals surface area contributed by atoms with Crippen LogP contribution in [0.4, 0.5) is 0 Å². The summed E-state index contributed by atoms with van der Waals surface area (Å²) in [6, 6.07) is 0.672. The van der Waals surface area contributed by atoms with Gasteiger partial charge in [0.1, 0.15) is 0 Å². The first-order chi connectivity index (χ1) is 8.29. The molecule has 2 N–H and O–H groups in total. The lowest BCUT2D eigenvalue weighted by atomic mass is 9.84. The Balaban J connectivity index is 1.90. The SMILES string of the molecule is OCCCN(CC1(CO)CCOC1)C1CCC1. The van der Waals surface area contributed by atoms with E-state index in [0.717, 1.165) is 32.5 Å². The summed E-state index contributed by atoms with van der Waals surface area (Å²) in [4.78, 5) is 2.46. The van der Waals surface area contributed by atoms with Gasteiger partial charge >= 0.3 is 0 Å². The van der Waals surface area contributed by atoms with Crippen molar-refractivity contribution in [3.8, 4) is 0 Å². The fourth-order valence-electron chi connectivity index (χ4n) is 2.80. The monoisotopic (exact) mass is 243 g/mol. The van der Waals surface area contributed by atoms with E-state index < -0.39 is 0 Å². The van der Waals surface area contributed by atoms with E-state index in [0.29, 0.717) is 12.6 Å². The van der Waals surface area contributed by atoms with Crippen LogP contribution >= 0.6 is 0 Å². The zero-order chi connectivity index (χ0) is 12.1. The van der Waals surface area contributed by atoms with Crippen molar-refractivity contribution in [2.75, 3.05) is 39.5 Å². The van der Waals surface area contributed by atoms with Gasteiger partial charge in [0.2, 0.25) is 0 Å². The Bertz CT molecular complexity index is 225. The van der Waals surface area contributed by atoms with Crippen molar-refractivity contribution in [3.05, 3.63) is 0 Å². The highest BCUT2D eigenvalue weighted by Crippen LogP contribution is 2.33. The Kier molecular flexibility index (Phi) is 4.79. The minimum atomic E-state index is -0.0505. The number of aliphatic hydroxyl groups is 2. The van der Waals surface area contributed by atoms with Gasteiger partial charge in [-0.3, -0.25) is 4.90 Å². The van der Waals surface area contributed by atoms with E-state index in [-0.39, 0.29) is 18.6 Å². The molecule has 4 heteroatoms. The van der Waals surface area contributed by atoms with E-state index in [4.69, 9.17) is 9.84 Å². The van der Waals surface area contributed by atoms with Crippen LogP contribution in [-0.4, -0.2) is 60.7 Å². The van der Waals surface area contributed by atoms with E-state index in [1.165, 1.54) is 19.3 Å². The molecule has 2 fully saturated rings. The van der Waals surface area contributed by atoms with Gasteiger partial charge in [0.05, 0.1) is 13.2 Å². The smallest absolute Gasteiger partial charge is 0.0557 e. The fourth-order valence-corrected chi connectivity index (χ4v) is 2.80. The number of hydrogen-bond donors (Lipinski definition) is 2. The van der Waals surface area contributed by atoms with Crippen molar-refractivity contribution in [3.63, 3.8) is 0 Å². The fraction of sp³-hybridized carbons (Fsp3) is 1.00. The van der Waals surface area contributed by atoms with E-state index >= 15 is 0 Å². The molecule has 1 aliphatic heterocycles. The van der Waals surface area contributed by atoms with Crippen LogP contribution in [-0.2, 0) is 4.74 Å². The average Bonchev–Trinajstić information content (AvgIpc) is 2.73. The standard InChI is InChI=1S/C13H25NO3/c15-7-2-6-14(12-3-1-4-12)9-13(10-16)5-8-17-11-13/h12,15-16H,1-11H2. The summed E-state index contributed by atoms with van der Waals surface area (Å²) in [6.45, 7) is 3.81. The molecule has 1 heterocycles. The minimum absolute atomic E-state index is 0.0505. The van der Waals surface area contributed by atoms with Crippen molar-refractivity contribution >= 4 is 0 Å². The molecule has 1 saturated carbocycles. The Labute approximate surface area is 104 Å². The largest absolute Gasteiger partial charge is 0.396 e. The molecule has 2 aliphatic rings. The van der Waals surface area contributed by atoms with Crippen LogP contribution in [0.5, 0.6) is 0 Å². The average molecular weight is 243 g/mol. The molecule has 0 aromatic carbocycles. The van der Waals surface area contributed by atoms with Crippen LogP contribution in [0.3, 0.4) is 0 Å². The van der Waals surface area contributed by atoms with E-state index in [1.54, 1.807) is 0 Å². The normalized spacial score (nSPS) is 29.8. The third kappa shape index (κ3) is 3.19. The van der Waals surface area contributed by atoms with Crippen LogP contribution in [0, 0.1) is 5.41 Å². The molecular weight excluding hydrogens is 218 g/mol. The molecule has 2 rings (SSSR count). The summed E-state index contributed by atoms with van der Waals surface area (Å²) < 4.78 is 5.45. The molecular formula is C13H25NO3. The molecule has 100 valence electrons. The second-order valence-electron chi connectivity index (χ2n) is 5.59. The van der Waals surface area contributed by atoms with Gasteiger partial charge in [-0.25, -0.2) is 0 Å². The third-order valence-electron chi connectivity index (χ3n) is 4.25. The number of aliphatic hydroxyl groups excluding tert-OH is 2. The van der Waals surface area contributed by atoms with Crippen molar-refractivity contribution in [1.29, 1.82) is 0 Å². The Morgan fingerprint density at radius 1 is 1.29 bits per heavy atom. The molecule has 1 saturated heterocycles. The molecule has 1 atom stereocenters. The first-order valence-electron chi connectivity index (χ1n) is 6.83. The zero-order valence-corrected chi connectivity index (χ0v) is 10.6. The summed E-state index contributed by atoms with van der Waals surface area (Å²) in [5.41, 5.74) is -0.0505. The Morgan fingerprint density at radius 3 is 2.59 bits per heavy atom. The number of ether oxygens (including phenoxy) is 1. The van der Waals surface area contributed by atoms with E-state index in [9.17, 15) is 5.11 Å². The third-order valence-corrected chi connectivity index (χ3v) is 4.25. The van der Waals surface area contributed by atoms with Gasteiger partial charge in [-0.05, 0) is 25.7 Å².